The van der Waals surface area contributed by atoms with Crippen LogP contribution in [0.2, 0.25) is 0 Å². The third-order valence-electron chi connectivity index (χ3n) is 3.17. The van der Waals surface area contributed by atoms with E-state index in [0.29, 0.717) is 5.69 Å². The van der Waals surface area contributed by atoms with Gasteiger partial charge in [-0.25, -0.2) is 4.98 Å². The van der Waals surface area contributed by atoms with Crippen LogP contribution in [0.15, 0.2) is 67.1 Å². The summed E-state index contributed by atoms with van der Waals surface area (Å²) in [5.74, 6) is 0.783. The number of rotatable bonds is 4. The average molecular weight is 276 g/mol. The molecular formula is C17H16N4. The third-order valence-corrected chi connectivity index (χ3v) is 3.17. The first-order chi connectivity index (χ1) is 10.3. The van der Waals surface area contributed by atoms with Crippen molar-refractivity contribution in [1.29, 1.82) is 0 Å². The van der Waals surface area contributed by atoms with Crippen molar-refractivity contribution in [2.24, 2.45) is 0 Å². The maximum absolute atomic E-state index is 5.62. The van der Waals surface area contributed by atoms with Gasteiger partial charge in [-0.2, -0.15) is 0 Å². The Morgan fingerprint density at radius 3 is 2.24 bits per heavy atom. The lowest BCUT2D eigenvalue weighted by Gasteiger charge is -2.07. The summed E-state index contributed by atoms with van der Waals surface area (Å²) in [6, 6.07) is 16.1. The summed E-state index contributed by atoms with van der Waals surface area (Å²) in [6.07, 6.45) is 6.18. The Balaban J connectivity index is 1.68. The Hall–Kier alpha value is -2.88. The lowest BCUT2D eigenvalue weighted by Crippen LogP contribution is -1.95. The van der Waals surface area contributed by atoms with Gasteiger partial charge in [-0.1, -0.05) is 12.1 Å². The van der Waals surface area contributed by atoms with Gasteiger partial charge in [-0.3, -0.25) is 4.98 Å². The molecule has 4 nitrogen and oxygen atoms in total. The maximum Gasteiger partial charge on any atom is 0.130 e. The fourth-order valence-corrected chi connectivity index (χ4v) is 2.07. The first-order valence-corrected chi connectivity index (χ1v) is 6.76. The minimum absolute atomic E-state index is 0.660. The fourth-order valence-electron chi connectivity index (χ4n) is 2.07. The van der Waals surface area contributed by atoms with Crippen LogP contribution in [0.25, 0.3) is 0 Å². The van der Waals surface area contributed by atoms with E-state index >= 15 is 0 Å². The molecule has 21 heavy (non-hydrogen) atoms. The molecule has 0 spiro atoms. The van der Waals surface area contributed by atoms with Crippen LogP contribution in [0.1, 0.15) is 11.1 Å². The largest absolute Gasteiger partial charge is 0.397 e. The topological polar surface area (TPSA) is 63.8 Å². The van der Waals surface area contributed by atoms with Crippen molar-refractivity contribution in [1.82, 2.24) is 9.97 Å². The number of nitrogens with one attached hydrogen (secondary N) is 1. The average Bonchev–Trinajstić information content (AvgIpc) is 2.53. The Morgan fingerprint density at radius 1 is 0.857 bits per heavy atom. The second kappa shape index (κ2) is 6.05. The van der Waals surface area contributed by atoms with Gasteiger partial charge >= 0.3 is 0 Å². The van der Waals surface area contributed by atoms with Gasteiger partial charge in [0.2, 0.25) is 0 Å². The van der Waals surface area contributed by atoms with Crippen LogP contribution < -0.4 is 11.1 Å². The van der Waals surface area contributed by atoms with Crippen molar-refractivity contribution in [3.8, 4) is 0 Å². The minimum atomic E-state index is 0.660. The van der Waals surface area contributed by atoms with Crippen molar-refractivity contribution in [2.45, 2.75) is 6.42 Å². The normalized spacial score (nSPS) is 10.3. The van der Waals surface area contributed by atoms with E-state index in [1.54, 1.807) is 6.20 Å². The number of hydrogen-bond donors (Lipinski definition) is 2. The van der Waals surface area contributed by atoms with Crippen LogP contribution in [0.4, 0.5) is 17.2 Å². The van der Waals surface area contributed by atoms with Gasteiger partial charge in [0.25, 0.3) is 0 Å². The number of nitrogens with zero attached hydrogens (tertiary/aromatic N) is 2. The van der Waals surface area contributed by atoms with Gasteiger partial charge in [0.05, 0.1) is 11.9 Å². The molecule has 0 radical (unpaired) electrons. The monoisotopic (exact) mass is 276 g/mol. The molecular weight excluding hydrogens is 260 g/mol. The molecule has 3 N–H and O–H groups in total. The summed E-state index contributed by atoms with van der Waals surface area (Å²) in [4.78, 5) is 8.25. The van der Waals surface area contributed by atoms with Crippen LogP contribution in [0.3, 0.4) is 0 Å². The van der Waals surface area contributed by atoms with Gasteiger partial charge in [-0.05, 0) is 53.9 Å². The zero-order chi connectivity index (χ0) is 14.5. The highest BCUT2D eigenvalue weighted by atomic mass is 15.0. The fraction of sp³-hybridized carbons (Fsp3) is 0.0588. The molecule has 0 atom stereocenters. The van der Waals surface area contributed by atoms with E-state index in [1.165, 1.54) is 11.1 Å². The lowest BCUT2D eigenvalue weighted by atomic mass is 10.1. The van der Waals surface area contributed by atoms with Crippen LogP contribution >= 0.6 is 0 Å². The maximum atomic E-state index is 5.62. The molecule has 0 fully saturated rings. The third kappa shape index (κ3) is 3.57. The summed E-state index contributed by atoms with van der Waals surface area (Å²) in [5, 5.41) is 3.25. The molecule has 0 aliphatic carbocycles. The number of nitrogens with two attached hydrogens (primary N) is 1. The Morgan fingerprint density at radius 2 is 1.57 bits per heavy atom. The van der Waals surface area contributed by atoms with E-state index in [-0.39, 0.29) is 0 Å². The molecule has 0 bridgehead atoms. The standard InChI is InChI=1S/C17H16N4/c18-15-3-6-17(20-12-15)21-16-4-1-13(2-5-16)11-14-7-9-19-10-8-14/h1-10,12H,11,18H2,(H,20,21). The van der Waals surface area contributed by atoms with Crippen LogP contribution in [-0.4, -0.2) is 9.97 Å². The van der Waals surface area contributed by atoms with E-state index in [9.17, 15) is 0 Å². The molecule has 3 rings (SSSR count). The predicted molar refractivity (Wildman–Crippen MR) is 85.4 cm³/mol. The Bertz CT molecular complexity index is 691. The highest BCUT2D eigenvalue weighted by molar-refractivity contribution is 5.57. The second-order valence-electron chi connectivity index (χ2n) is 4.83. The number of aromatic nitrogens is 2. The van der Waals surface area contributed by atoms with E-state index in [0.717, 1.165) is 17.9 Å². The Kier molecular flexibility index (Phi) is 3.78. The van der Waals surface area contributed by atoms with E-state index in [4.69, 9.17) is 5.73 Å². The zero-order valence-electron chi connectivity index (χ0n) is 11.5. The molecule has 2 heterocycles. The molecule has 3 aromatic rings. The molecule has 2 aromatic heterocycles. The molecule has 0 amide bonds. The van der Waals surface area contributed by atoms with Crippen LogP contribution in [0, 0.1) is 0 Å². The van der Waals surface area contributed by atoms with Crippen molar-refractivity contribution in [3.05, 3.63) is 78.2 Å². The number of pyridine rings is 2. The molecule has 0 aliphatic rings. The van der Waals surface area contributed by atoms with E-state index in [2.05, 4.69) is 39.6 Å². The van der Waals surface area contributed by atoms with Gasteiger partial charge in [0.15, 0.2) is 0 Å². The van der Waals surface area contributed by atoms with Crippen molar-refractivity contribution < 1.29 is 0 Å². The van der Waals surface area contributed by atoms with Gasteiger partial charge in [-0.15, -0.1) is 0 Å². The number of nitrogen functional groups attached to an aromatic ring is 1. The van der Waals surface area contributed by atoms with Crippen LogP contribution in [-0.2, 0) is 6.42 Å². The SMILES string of the molecule is Nc1ccc(Nc2ccc(Cc3ccncc3)cc2)nc1. The van der Waals surface area contributed by atoms with Crippen molar-refractivity contribution >= 4 is 17.2 Å². The molecule has 0 saturated heterocycles. The number of hydrogen-bond acceptors (Lipinski definition) is 4. The van der Waals surface area contributed by atoms with Crippen LogP contribution in [0.5, 0.6) is 0 Å². The summed E-state index contributed by atoms with van der Waals surface area (Å²) in [6.45, 7) is 0. The second-order valence-corrected chi connectivity index (χ2v) is 4.83. The molecule has 4 heteroatoms. The first kappa shape index (κ1) is 13.1. The number of anilines is 3. The summed E-state index contributed by atoms with van der Waals surface area (Å²) < 4.78 is 0. The minimum Gasteiger partial charge on any atom is -0.397 e. The first-order valence-electron chi connectivity index (χ1n) is 6.76. The predicted octanol–water partition coefficient (Wildman–Crippen LogP) is 3.39. The summed E-state index contributed by atoms with van der Waals surface area (Å²) in [7, 11) is 0. The smallest absolute Gasteiger partial charge is 0.130 e. The van der Waals surface area contributed by atoms with E-state index < -0.39 is 0 Å². The molecule has 1 aromatic carbocycles. The number of benzene rings is 1. The zero-order valence-corrected chi connectivity index (χ0v) is 11.5. The Labute approximate surface area is 123 Å². The summed E-state index contributed by atoms with van der Waals surface area (Å²) in [5.41, 5.74) is 9.80. The van der Waals surface area contributed by atoms with Gasteiger partial charge in [0, 0.05) is 18.1 Å². The van der Waals surface area contributed by atoms with Crippen molar-refractivity contribution in [2.75, 3.05) is 11.1 Å². The lowest BCUT2D eigenvalue weighted by molar-refractivity contribution is 1.16. The van der Waals surface area contributed by atoms with Gasteiger partial charge in [0.1, 0.15) is 5.82 Å². The molecule has 0 saturated carbocycles. The van der Waals surface area contributed by atoms with Gasteiger partial charge < -0.3 is 11.1 Å². The highest BCUT2D eigenvalue weighted by Crippen LogP contribution is 2.17. The molecule has 0 unspecified atom stereocenters. The van der Waals surface area contributed by atoms with E-state index in [1.807, 2.05) is 36.7 Å². The summed E-state index contributed by atoms with van der Waals surface area (Å²) >= 11 is 0. The molecule has 104 valence electrons. The highest BCUT2D eigenvalue weighted by Gasteiger charge is 1.98. The molecule has 0 aliphatic heterocycles. The van der Waals surface area contributed by atoms with Crippen molar-refractivity contribution in [3.63, 3.8) is 0 Å². The quantitative estimate of drug-likeness (QED) is 0.766.